The van der Waals surface area contributed by atoms with E-state index in [1.54, 1.807) is 18.5 Å². The van der Waals surface area contributed by atoms with Gasteiger partial charge in [0.05, 0.1) is 27.4 Å². The number of benzene rings is 2. The predicted molar refractivity (Wildman–Crippen MR) is 183 cm³/mol. The molecule has 4 aromatic heterocycles. The van der Waals surface area contributed by atoms with Crippen LogP contribution in [0.4, 0.5) is 14.5 Å². The highest BCUT2D eigenvalue weighted by atomic mass is 32.1. The van der Waals surface area contributed by atoms with Gasteiger partial charge in [0.15, 0.2) is 11.6 Å². The van der Waals surface area contributed by atoms with Crippen LogP contribution in [0.3, 0.4) is 0 Å². The quantitative estimate of drug-likeness (QED) is 0.182. The lowest BCUT2D eigenvalue weighted by molar-refractivity contribution is 0.102. The molecule has 1 saturated heterocycles. The van der Waals surface area contributed by atoms with Crippen LogP contribution in [0, 0.1) is 17.6 Å². The minimum atomic E-state index is -0.758. The standard InChI is InChI=1S/C37H29F2N5O4S/c1-21-17-43(18-21)19-22-2-8-28(41-16-22)32-15-29-35(49-32)31(10-12-40-29)48-30-9-5-25(14-27(30)39)42-36(45)33-34-23(11-13-47-34)20-44(37(33)46)26-6-3-24(38)4-7-26/h2-10,12,14-16,20-21H,11,13,17-19H2,1H3,(H,42,45). The zero-order valence-electron chi connectivity index (χ0n) is 26.3. The van der Waals surface area contributed by atoms with Crippen molar-refractivity contribution in [1.82, 2.24) is 19.4 Å². The number of thiophene rings is 1. The Balaban J connectivity index is 1.01. The maximum Gasteiger partial charge on any atom is 0.271 e. The lowest BCUT2D eigenvalue weighted by atomic mass is 10.0. The van der Waals surface area contributed by atoms with Gasteiger partial charge in [-0.1, -0.05) is 13.0 Å². The van der Waals surface area contributed by atoms with Crippen molar-refractivity contribution in [3.63, 3.8) is 0 Å². The van der Waals surface area contributed by atoms with Crippen LogP contribution >= 0.6 is 11.3 Å². The number of nitrogens with zero attached hydrogens (tertiary/aromatic N) is 4. The first-order valence-electron chi connectivity index (χ1n) is 15.8. The van der Waals surface area contributed by atoms with Gasteiger partial charge in [-0.2, -0.15) is 0 Å². The Hall–Kier alpha value is -5.46. The fourth-order valence-corrected chi connectivity index (χ4v) is 7.27. The maximum absolute atomic E-state index is 15.4. The average molecular weight is 678 g/mol. The highest BCUT2D eigenvalue weighted by molar-refractivity contribution is 7.22. The number of amides is 1. The molecule has 0 bridgehead atoms. The van der Waals surface area contributed by atoms with E-state index in [2.05, 4.69) is 33.2 Å². The van der Waals surface area contributed by atoms with Crippen molar-refractivity contribution in [1.29, 1.82) is 0 Å². The van der Waals surface area contributed by atoms with Gasteiger partial charge in [-0.25, -0.2) is 8.78 Å². The van der Waals surface area contributed by atoms with Crippen LogP contribution in [-0.2, 0) is 13.0 Å². The van der Waals surface area contributed by atoms with E-state index in [-0.39, 0.29) is 22.7 Å². The highest BCUT2D eigenvalue weighted by Crippen LogP contribution is 2.39. The molecule has 9 nitrogen and oxygen atoms in total. The largest absolute Gasteiger partial charge is 0.492 e. The molecule has 6 aromatic rings. The number of hydrogen-bond acceptors (Lipinski definition) is 8. The van der Waals surface area contributed by atoms with Crippen molar-refractivity contribution in [2.75, 3.05) is 25.0 Å². The molecule has 2 aromatic carbocycles. The van der Waals surface area contributed by atoms with E-state index in [1.165, 1.54) is 52.3 Å². The Kier molecular flexibility index (Phi) is 7.89. The molecule has 2 aliphatic heterocycles. The summed E-state index contributed by atoms with van der Waals surface area (Å²) in [5.74, 6) is -0.615. The van der Waals surface area contributed by atoms with Gasteiger partial charge in [-0.3, -0.25) is 29.0 Å². The van der Waals surface area contributed by atoms with Crippen molar-refractivity contribution in [3.05, 3.63) is 124 Å². The van der Waals surface area contributed by atoms with Gasteiger partial charge in [0.1, 0.15) is 22.9 Å². The second kappa shape index (κ2) is 12.5. The van der Waals surface area contributed by atoms with E-state index in [4.69, 9.17) is 9.47 Å². The Labute approximate surface area is 283 Å². The number of carbonyl (C=O) groups is 1. The summed E-state index contributed by atoms with van der Waals surface area (Å²) in [5, 5.41) is 2.62. The van der Waals surface area contributed by atoms with Gasteiger partial charge in [0.25, 0.3) is 11.5 Å². The normalized spacial score (nSPS) is 14.3. The first-order valence-corrected chi connectivity index (χ1v) is 16.6. The fraction of sp³-hybridized carbons (Fsp3) is 0.189. The minimum absolute atomic E-state index is 0.0501. The van der Waals surface area contributed by atoms with E-state index in [1.807, 2.05) is 18.3 Å². The number of pyridine rings is 3. The third-order valence-corrected chi connectivity index (χ3v) is 9.76. The number of ether oxygens (including phenoxy) is 2. The summed E-state index contributed by atoms with van der Waals surface area (Å²) in [5.41, 5.74) is 3.00. The summed E-state index contributed by atoms with van der Waals surface area (Å²) in [6, 6.07) is 17.1. The second-order valence-electron chi connectivity index (χ2n) is 12.3. The van der Waals surface area contributed by atoms with Gasteiger partial charge in [0.2, 0.25) is 0 Å². The van der Waals surface area contributed by atoms with E-state index in [0.717, 1.165) is 52.5 Å². The molecular formula is C37H29F2N5O4S. The molecule has 0 unspecified atom stereocenters. The Morgan fingerprint density at radius 2 is 1.88 bits per heavy atom. The zero-order chi connectivity index (χ0) is 33.6. The van der Waals surface area contributed by atoms with Crippen LogP contribution in [0.1, 0.15) is 28.4 Å². The Morgan fingerprint density at radius 3 is 2.63 bits per heavy atom. The SMILES string of the molecule is CC1CN(Cc2ccc(-c3cc4nccc(Oc5ccc(NC(=O)c6c7c(cn(-c8ccc(F)cc8)c6=O)CCO7)cc5F)c4s3)nc2)C1. The van der Waals surface area contributed by atoms with Gasteiger partial charge in [-0.15, -0.1) is 11.3 Å². The molecule has 49 heavy (non-hydrogen) atoms. The average Bonchev–Trinajstić information content (AvgIpc) is 3.74. The molecule has 2 aliphatic rings. The first-order chi connectivity index (χ1) is 23.8. The molecule has 1 N–H and O–H groups in total. The third kappa shape index (κ3) is 6.05. The van der Waals surface area contributed by atoms with E-state index < -0.39 is 23.1 Å². The summed E-state index contributed by atoms with van der Waals surface area (Å²) in [7, 11) is 0. The Bertz CT molecular complexity index is 2280. The van der Waals surface area contributed by atoms with Crippen LogP contribution in [0.2, 0.25) is 0 Å². The smallest absolute Gasteiger partial charge is 0.271 e. The molecular weight excluding hydrogens is 649 g/mol. The molecule has 246 valence electrons. The first kappa shape index (κ1) is 30.8. The summed E-state index contributed by atoms with van der Waals surface area (Å²) in [6.07, 6.45) is 5.59. The van der Waals surface area contributed by atoms with Crippen molar-refractivity contribution in [3.8, 4) is 33.5 Å². The van der Waals surface area contributed by atoms with Crippen LogP contribution < -0.4 is 20.3 Å². The number of nitrogens with one attached hydrogen (secondary N) is 1. The van der Waals surface area contributed by atoms with Gasteiger partial charge in [0, 0.05) is 73.7 Å². The second-order valence-corrected chi connectivity index (χ2v) is 13.3. The number of anilines is 1. The van der Waals surface area contributed by atoms with E-state index >= 15 is 4.39 Å². The van der Waals surface area contributed by atoms with Crippen LogP contribution in [0.5, 0.6) is 17.2 Å². The number of fused-ring (bicyclic) bond motifs is 2. The number of halogens is 2. The van der Waals surface area contributed by atoms with Crippen LogP contribution in [0.25, 0.3) is 26.5 Å². The van der Waals surface area contributed by atoms with Gasteiger partial charge >= 0.3 is 0 Å². The summed E-state index contributed by atoms with van der Waals surface area (Å²) < 4.78 is 42.6. The lowest BCUT2D eigenvalue weighted by Gasteiger charge is -2.37. The number of aromatic nitrogens is 3. The van der Waals surface area contributed by atoms with Crippen molar-refractivity contribution in [2.45, 2.75) is 19.9 Å². The minimum Gasteiger partial charge on any atom is -0.492 e. The third-order valence-electron chi connectivity index (χ3n) is 8.59. The number of likely N-dealkylation sites (tertiary alicyclic amines) is 1. The molecule has 0 saturated carbocycles. The molecule has 0 radical (unpaired) electrons. The molecule has 12 heteroatoms. The topological polar surface area (TPSA) is 98.6 Å². The predicted octanol–water partition coefficient (Wildman–Crippen LogP) is 7.22. The van der Waals surface area contributed by atoms with Crippen LogP contribution in [0.15, 0.2) is 90.1 Å². The molecule has 1 amide bonds. The van der Waals surface area contributed by atoms with Crippen molar-refractivity contribution in [2.24, 2.45) is 5.92 Å². The summed E-state index contributed by atoms with van der Waals surface area (Å²) in [6.45, 7) is 5.66. The summed E-state index contributed by atoms with van der Waals surface area (Å²) in [4.78, 5) is 39.4. The van der Waals surface area contributed by atoms with E-state index in [9.17, 15) is 14.0 Å². The lowest BCUT2D eigenvalue weighted by Crippen LogP contribution is -2.44. The molecule has 0 atom stereocenters. The van der Waals surface area contributed by atoms with Crippen molar-refractivity contribution < 1.29 is 23.0 Å². The molecule has 8 rings (SSSR count). The number of rotatable bonds is 8. The van der Waals surface area contributed by atoms with E-state index in [0.29, 0.717) is 35.5 Å². The maximum atomic E-state index is 15.4. The number of carbonyl (C=O) groups excluding carboxylic acids is 1. The molecule has 0 spiro atoms. The zero-order valence-corrected chi connectivity index (χ0v) is 27.1. The number of hydrogen-bond donors (Lipinski definition) is 1. The molecule has 1 fully saturated rings. The molecule has 6 heterocycles. The summed E-state index contributed by atoms with van der Waals surface area (Å²) >= 11 is 1.46. The monoisotopic (exact) mass is 677 g/mol. The van der Waals surface area contributed by atoms with Crippen LogP contribution in [-0.4, -0.2) is 45.0 Å². The fourth-order valence-electron chi connectivity index (χ4n) is 6.22. The van der Waals surface area contributed by atoms with Crippen molar-refractivity contribution >= 4 is 33.1 Å². The van der Waals surface area contributed by atoms with Gasteiger partial charge in [-0.05, 0) is 60.0 Å². The highest BCUT2D eigenvalue weighted by Gasteiger charge is 2.27. The van der Waals surface area contributed by atoms with Gasteiger partial charge < -0.3 is 14.8 Å². The Morgan fingerprint density at radius 1 is 1.04 bits per heavy atom. The molecule has 0 aliphatic carbocycles.